The zero-order chi connectivity index (χ0) is 27.1. The second kappa shape index (κ2) is 10.4. The van der Waals surface area contributed by atoms with Crippen LogP contribution in [0.4, 0.5) is 0 Å². The topological polar surface area (TPSA) is 119 Å². The maximum Gasteiger partial charge on any atom is 0.309 e. The number of nitrogens with zero attached hydrogens (tertiary/aromatic N) is 1. The highest BCUT2D eigenvalue weighted by molar-refractivity contribution is 7.09. The Morgan fingerprint density at radius 2 is 1.92 bits per heavy atom. The molecule has 2 N–H and O–H groups in total. The van der Waals surface area contributed by atoms with E-state index in [4.69, 9.17) is 13.9 Å². The van der Waals surface area contributed by atoms with Gasteiger partial charge in [0.1, 0.15) is 29.5 Å². The van der Waals surface area contributed by atoms with E-state index in [-0.39, 0.29) is 18.3 Å². The fraction of sp³-hybridized carbons (Fsp3) is 0.607. The van der Waals surface area contributed by atoms with Gasteiger partial charge >= 0.3 is 5.97 Å². The van der Waals surface area contributed by atoms with E-state index >= 15 is 0 Å². The van der Waals surface area contributed by atoms with Gasteiger partial charge in [-0.3, -0.25) is 9.59 Å². The summed E-state index contributed by atoms with van der Waals surface area (Å²) in [6.07, 6.45) is 0.111. The quantitative estimate of drug-likeness (QED) is 0.541. The Bertz CT molecular complexity index is 1170. The first-order chi connectivity index (χ1) is 17.3. The summed E-state index contributed by atoms with van der Waals surface area (Å²) in [4.78, 5) is 30.8. The Morgan fingerprint density at radius 1 is 1.22 bits per heavy atom. The molecule has 1 fully saturated rings. The van der Waals surface area contributed by atoms with Crippen molar-refractivity contribution in [3.63, 3.8) is 0 Å². The lowest BCUT2D eigenvalue weighted by Crippen LogP contribution is -2.51. The Hall–Kier alpha value is -2.33. The number of carbonyl (C=O) groups excluding carboxylic acids is 2. The number of carbonyl (C=O) groups is 2. The summed E-state index contributed by atoms with van der Waals surface area (Å²) in [5, 5.41) is 24.7. The molecule has 1 saturated heterocycles. The van der Waals surface area contributed by atoms with Crippen molar-refractivity contribution in [1.29, 1.82) is 0 Å². The number of aromatic nitrogens is 1. The van der Waals surface area contributed by atoms with Crippen molar-refractivity contribution in [3.05, 3.63) is 45.3 Å². The molecule has 3 aliphatic heterocycles. The highest BCUT2D eigenvalue weighted by Crippen LogP contribution is 2.40. The number of hydrogen-bond donors (Lipinski definition) is 2. The molecule has 202 valence electrons. The summed E-state index contributed by atoms with van der Waals surface area (Å²) in [6, 6.07) is 3.48. The van der Waals surface area contributed by atoms with Crippen molar-refractivity contribution in [2.24, 2.45) is 11.3 Å². The third-order valence-corrected chi connectivity index (χ3v) is 8.41. The number of aliphatic hydroxyl groups excluding tert-OH is 2. The van der Waals surface area contributed by atoms with Crippen LogP contribution in [0.5, 0.6) is 0 Å². The van der Waals surface area contributed by atoms with E-state index in [1.165, 1.54) is 0 Å². The molecule has 0 unspecified atom stereocenters. The smallest absolute Gasteiger partial charge is 0.309 e. The Labute approximate surface area is 221 Å². The molecule has 37 heavy (non-hydrogen) atoms. The molecule has 3 aliphatic rings. The molecule has 0 radical (unpaired) electrons. The van der Waals surface area contributed by atoms with E-state index in [2.05, 4.69) is 4.98 Å². The van der Waals surface area contributed by atoms with Crippen LogP contribution >= 0.6 is 11.3 Å². The number of aliphatic hydroxyl groups is 2. The number of ketones is 1. The molecule has 5 rings (SSSR count). The maximum atomic E-state index is 13.3. The standard InChI is InChI=1S/C28H37NO7S/c1-15(9-18-14-37-17(3)29-18)22-10-20-13-28(6,36-20)12-19-7-8-21(34-19)25(32)16(2)26(33)27(4,5)23(30)11-24(31)35-22/h7-9,14,16,20,22-23,25,30,32H,10-13H2,1-6H3/b15-9+/t16-,20+,22+,23+,25-,28+/m1/s1. The van der Waals surface area contributed by atoms with Crippen LogP contribution in [0.15, 0.2) is 27.5 Å². The van der Waals surface area contributed by atoms with Crippen LogP contribution in [0, 0.1) is 18.3 Å². The van der Waals surface area contributed by atoms with Crippen LogP contribution in [0.2, 0.25) is 0 Å². The summed E-state index contributed by atoms with van der Waals surface area (Å²) in [5.41, 5.74) is -0.117. The zero-order valence-corrected chi connectivity index (χ0v) is 23.1. The number of esters is 1. The van der Waals surface area contributed by atoms with Crippen LogP contribution in [0.25, 0.3) is 6.08 Å². The fourth-order valence-corrected chi connectivity index (χ4v) is 5.81. The molecule has 8 nitrogen and oxygen atoms in total. The average molecular weight is 532 g/mol. The van der Waals surface area contributed by atoms with Crippen molar-refractivity contribution in [1.82, 2.24) is 4.98 Å². The van der Waals surface area contributed by atoms with Gasteiger partial charge in [-0.05, 0) is 44.6 Å². The fourth-order valence-electron chi connectivity index (χ4n) is 5.24. The first-order valence-electron chi connectivity index (χ1n) is 12.7. The van der Waals surface area contributed by atoms with Gasteiger partial charge in [0.2, 0.25) is 0 Å². The first-order valence-corrected chi connectivity index (χ1v) is 13.6. The van der Waals surface area contributed by atoms with Crippen molar-refractivity contribution < 1.29 is 33.7 Å². The van der Waals surface area contributed by atoms with E-state index in [1.54, 1.807) is 44.2 Å². The van der Waals surface area contributed by atoms with Gasteiger partial charge in [0.25, 0.3) is 0 Å². The van der Waals surface area contributed by atoms with Crippen LogP contribution in [0.3, 0.4) is 0 Å². The van der Waals surface area contributed by atoms with E-state index in [9.17, 15) is 19.8 Å². The Kier molecular flexibility index (Phi) is 7.82. The van der Waals surface area contributed by atoms with Crippen molar-refractivity contribution in [2.45, 2.75) is 97.2 Å². The number of hydrogen-bond acceptors (Lipinski definition) is 9. The maximum absolute atomic E-state index is 13.3. The molecule has 0 aliphatic carbocycles. The highest BCUT2D eigenvalue weighted by atomic mass is 32.1. The molecule has 9 heteroatoms. The van der Waals surface area contributed by atoms with E-state index in [0.29, 0.717) is 24.4 Å². The van der Waals surface area contributed by atoms with Crippen molar-refractivity contribution in [3.8, 4) is 0 Å². The van der Waals surface area contributed by atoms with Gasteiger partial charge in [0, 0.05) is 30.6 Å². The monoisotopic (exact) mass is 531 g/mol. The zero-order valence-electron chi connectivity index (χ0n) is 22.3. The Morgan fingerprint density at radius 3 is 2.57 bits per heavy atom. The SMILES string of the molecule is C/C(=C\c1csc(C)n1)[C@@H]1C[C@H]2C[C@](C)(Cc3ccc(o3)[C@H](O)[C@@H](C)C(=O)C(C)(C)[C@@H](O)CC(=O)O1)O2. The van der Waals surface area contributed by atoms with Crippen LogP contribution in [0.1, 0.15) is 82.2 Å². The molecular weight excluding hydrogens is 494 g/mol. The van der Waals surface area contributed by atoms with Crippen molar-refractivity contribution in [2.75, 3.05) is 0 Å². The second-order valence-electron chi connectivity index (χ2n) is 11.3. The minimum Gasteiger partial charge on any atom is -0.463 e. The van der Waals surface area contributed by atoms with Gasteiger partial charge in [-0.1, -0.05) is 20.8 Å². The molecule has 2 aromatic heterocycles. The number of Topliss-reactive ketones (excluding diaryl/α,β-unsaturated/α-hetero) is 1. The molecule has 2 aromatic rings. The number of fused-ring (bicyclic) bond motifs is 9. The van der Waals surface area contributed by atoms with Gasteiger partial charge in [-0.2, -0.15) is 0 Å². The number of aryl methyl sites for hydroxylation is 1. The molecule has 0 aromatic carbocycles. The molecule has 5 heterocycles. The van der Waals surface area contributed by atoms with Crippen molar-refractivity contribution >= 4 is 29.2 Å². The summed E-state index contributed by atoms with van der Waals surface area (Å²) in [7, 11) is 0. The summed E-state index contributed by atoms with van der Waals surface area (Å²) in [6.45, 7) is 10.6. The first kappa shape index (κ1) is 27.7. The third kappa shape index (κ3) is 6.06. The molecule has 0 spiro atoms. The molecule has 0 saturated carbocycles. The normalized spacial score (nSPS) is 33.4. The second-order valence-corrected chi connectivity index (χ2v) is 12.4. The number of ether oxygens (including phenoxy) is 2. The van der Waals surface area contributed by atoms with Crippen LogP contribution < -0.4 is 0 Å². The van der Waals surface area contributed by atoms with Gasteiger partial charge in [-0.25, -0.2) is 4.98 Å². The van der Waals surface area contributed by atoms with Gasteiger partial charge in [-0.15, -0.1) is 11.3 Å². The van der Waals surface area contributed by atoms with Gasteiger partial charge < -0.3 is 24.1 Å². The predicted octanol–water partition coefficient (Wildman–Crippen LogP) is 4.57. The minimum atomic E-state index is -1.29. The molecular formula is C28H37NO7S. The van der Waals surface area contributed by atoms with E-state index in [0.717, 1.165) is 22.7 Å². The number of furan rings is 1. The molecule has 0 amide bonds. The summed E-state index contributed by atoms with van der Waals surface area (Å²) in [5.74, 6) is -0.865. The largest absolute Gasteiger partial charge is 0.463 e. The third-order valence-electron chi connectivity index (χ3n) is 7.62. The average Bonchev–Trinajstić information content (AvgIpc) is 3.43. The van der Waals surface area contributed by atoms with Crippen LogP contribution in [-0.4, -0.2) is 50.9 Å². The van der Waals surface area contributed by atoms with E-state index < -0.39 is 41.2 Å². The minimum absolute atomic E-state index is 0.123. The summed E-state index contributed by atoms with van der Waals surface area (Å²) < 4.78 is 18.0. The van der Waals surface area contributed by atoms with Gasteiger partial charge in [0.05, 0.1) is 40.3 Å². The summed E-state index contributed by atoms with van der Waals surface area (Å²) >= 11 is 1.54. The van der Waals surface area contributed by atoms with Gasteiger partial charge in [0.15, 0.2) is 0 Å². The Balaban J connectivity index is 1.62. The predicted molar refractivity (Wildman–Crippen MR) is 139 cm³/mol. The highest BCUT2D eigenvalue weighted by Gasteiger charge is 2.45. The lowest BCUT2D eigenvalue weighted by molar-refractivity contribution is -0.206. The number of thiazole rings is 1. The lowest BCUT2D eigenvalue weighted by atomic mass is 9.74. The molecule has 6 atom stereocenters. The van der Waals surface area contributed by atoms with E-state index in [1.807, 2.05) is 32.2 Å². The molecule has 4 bridgehead atoms. The lowest BCUT2D eigenvalue weighted by Gasteiger charge is -2.46. The number of rotatable bonds is 2. The van der Waals surface area contributed by atoms with Crippen LogP contribution in [-0.2, 0) is 25.5 Å².